The van der Waals surface area contributed by atoms with Gasteiger partial charge in [-0.1, -0.05) is 18.2 Å². The third kappa shape index (κ3) is 2.98. The summed E-state index contributed by atoms with van der Waals surface area (Å²) >= 11 is 0. The Morgan fingerprint density at radius 3 is 2.85 bits per heavy atom. The number of aryl methyl sites for hydroxylation is 2. The molecule has 2 aromatic heterocycles. The zero-order valence-corrected chi connectivity index (χ0v) is 15.0. The Labute approximate surface area is 152 Å². The van der Waals surface area contributed by atoms with Crippen molar-refractivity contribution in [3.8, 4) is 5.69 Å². The maximum atomic E-state index is 12.6. The highest BCUT2D eigenvalue weighted by molar-refractivity contribution is 5.91. The predicted molar refractivity (Wildman–Crippen MR) is 99.6 cm³/mol. The Morgan fingerprint density at radius 1 is 1.23 bits per heavy atom. The van der Waals surface area contributed by atoms with E-state index in [1.54, 1.807) is 6.26 Å². The monoisotopic (exact) mass is 350 g/mol. The molecule has 2 heterocycles. The lowest BCUT2D eigenvalue weighted by molar-refractivity contribution is 0.246. The molecule has 6 heteroatoms. The first kappa shape index (κ1) is 16.4. The van der Waals surface area contributed by atoms with E-state index in [4.69, 9.17) is 4.42 Å². The summed E-state index contributed by atoms with van der Waals surface area (Å²) in [6.45, 7) is 3.86. The molecule has 1 aromatic carbocycles. The minimum Gasteiger partial charge on any atom is -0.469 e. The van der Waals surface area contributed by atoms with Crippen LogP contribution in [0.1, 0.15) is 41.6 Å². The summed E-state index contributed by atoms with van der Waals surface area (Å²) in [4.78, 5) is 12.6. The largest absolute Gasteiger partial charge is 0.469 e. The highest BCUT2D eigenvalue weighted by Crippen LogP contribution is 2.30. The zero-order chi connectivity index (χ0) is 18.1. The topological polar surface area (TPSA) is 72.1 Å². The standard InChI is InChI=1S/C20H22N4O2/c1-13-19(14(2)24(23-13)15-7-4-3-5-8-15)22-20(25)21-17-9-6-10-18-16(17)11-12-26-18/h3-5,7-8,11-12,17H,6,9-10H2,1-2H3,(H2,21,22,25). The van der Waals surface area contributed by atoms with E-state index in [0.29, 0.717) is 0 Å². The van der Waals surface area contributed by atoms with Crippen LogP contribution in [0, 0.1) is 13.8 Å². The molecule has 6 nitrogen and oxygen atoms in total. The summed E-state index contributed by atoms with van der Waals surface area (Å²) in [6, 6.07) is 11.6. The molecule has 0 saturated carbocycles. The van der Waals surface area contributed by atoms with Crippen molar-refractivity contribution < 1.29 is 9.21 Å². The number of fused-ring (bicyclic) bond motifs is 1. The van der Waals surface area contributed by atoms with Gasteiger partial charge in [0, 0.05) is 12.0 Å². The third-order valence-electron chi connectivity index (χ3n) is 4.89. The molecule has 1 aliphatic rings. The van der Waals surface area contributed by atoms with Crippen molar-refractivity contribution in [2.45, 2.75) is 39.2 Å². The minimum atomic E-state index is -0.220. The van der Waals surface area contributed by atoms with Crippen LogP contribution in [-0.2, 0) is 6.42 Å². The van der Waals surface area contributed by atoms with Gasteiger partial charge in [-0.3, -0.25) is 0 Å². The molecule has 0 radical (unpaired) electrons. The number of aromatic nitrogens is 2. The fraction of sp³-hybridized carbons (Fsp3) is 0.300. The second kappa shape index (κ2) is 6.71. The molecule has 0 bridgehead atoms. The van der Waals surface area contributed by atoms with Gasteiger partial charge >= 0.3 is 6.03 Å². The minimum absolute atomic E-state index is 0.0118. The Hall–Kier alpha value is -3.02. The van der Waals surface area contributed by atoms with Gasteiger partial charge in [0.2, 0.25) is 0 Å². The number of amides is 2. The van der Waals surface area contributed by atoms with Gasteiger partial charge in [-0.25, -0.2) is 9.48 Å². The average Bonchev–Trinajstić information content (AvgIpc) is 3.23. The molecule has 3 aromatic rings. The first-order valence-corrected chi connectivity index (χ1v) is 8.89. The van der Waals surface area contributed by atoms with E-state index >= 15 is 0 Å². The van der Waals surface area contributed by atoms with Crippen LogP contribution in [0.25, 0.3) is 5.69 Å². The van der Waals surface area contributed by atoms with E-state index in [1.165, 1.54) is 0 Å². The van der Waals surface area contributed by atoms with Crippen LogP contribution < -0.4 is 10.6 Å². The van der Waals surface area contributed by atoms with E-state index in [1.807, 2.05) is 54.9 Å². The van der Waals surface area contributed by atoms with Crippen LogP contribution in [0.4, 0.5) is 10.5 Å². The molecule has 0 fully saturated rings. The molecule has 0 aliphatic heterocycles. The van der Waals surface area contributed by atoms with Crippen LogP contribution in [0.5, 0.6) is 0 Å². The average molecular weight is 350 g/mol. The first-order valence-electron chi connectivity index (χ1n) is 8.89. The van der Waals surface area contributed by atoms with E-state index < -0.39 is 0 Å². The molecular formula is C20H22N4O2. The number of urea groups is 1. The second-order valence-corrected chi connectivity index (χ2v) is 6.64. The first-order chi connectivity index (χ1) is 12.6. The molecule has 1 aliphatic carbocycles. The summed E-state index contributed by atoms with van der Waals surface area (Å²) in [6.07, 6.45) is 4.56. The smallest absolute Gasteiger partial charge is 0.319 e. The van der Waals surface area contributed by atoms with Crippen molar-refractivity contribution in [2.75, 3.05) is 5.32 Å². The number of hydrogen-bond donors (Lipinski definition) is 2. The normalized spacial score (nSPS) is 16.2. The summed E-state index contributed by atoms with van der Waals surface area (Å²) in [5.41, 5.74) is 4.48. The number of nitrogens with one attached hydrogen (secondary N) is 2. The number of benzene rings is 1. The van der Waals surface area contributed by atoms with Crippen molar-refractivity contribution in [1.82, 2.24) is 15.1 Å². The van der Waals surface area contributed by atoms with E-state index in [-0.39, 0.29) is 12.1 Å². The van der Waals surface area contributed by atoms with Crippen molar-refractivity contribution in [3.05, 3.63) is 65.4 Å². The highest BCUT2D eigenvalue weighted by Gasteiger charge is 2.24. The Morgan fingerprint density at radius 2 is 2.04 bits per heavy atom. The molecule has 134 valence electrons. The van der Waals surface area contributed by atoms with Crippen LogP contribution in [0.3, 0.4) is 0 Å². The van der Waals surface area contributed by atoms with Crippen molar-refractivity contribution in [2.24, 2.45) is 0 Å². The highest BCUT2D eigenvalue weighted by atomic mass is 16.3. The zero-order valence-electron chi connectivity index (χ0n) is 15.0. The van der Waals surface area contributed by atoms with Crippen molar-refractivity contribution in [1.29, 1.82) is 0 Å². The fourth-order valence-electron chi connectivity index (χ4n) is 3.59. The Balaban J connectivity index is 1.52. The summed E-state index contributed by atoms with van der Waals surface area (Å²) in [5.74, 6) is 0.978. The van der Waals surface area contributed by atoms with E-state index in [2.05, 4.69) is 15.7 Å². The number of rotatable bonds is 3. The molecular weight excluding hydrogens is 328 g/mol. The summed E-state index contributed by atoms with van der Waals surface area (Å²) in [5, 5.41) is 10.6. The number of hydrogen-bond acceptors (Lipinski definition) is 3. The Bertz CT molecular complexity index is 927. The second-order valence-electron chi connectivity index (χ2n) is 6.64. The fourth-order valence-corrected chi connectivity index (χ4v) is 3.59. The van der Waals surface area contributed by atoms with Gasteiger partial charge < -0.3 is 15.1 Å². The van der Waals surface area contributed by atoms with Gasteiger partial charge in [0.15, 0.2) is 0 Å². The van der Waals surface area contributed by atoms with Crippen LogP contribution >= 0.6 is 0 Å². The number of para-hydroxylation sites is 1. The van der Waals surface area contributed by atoms with Crippen LogP contribution in [-0.4, -0.2) is 15.8 Å². The maximum absolute atomic E-state index is 12.6. The van der Waals surface area contributed by atoms with Gasteiger partial charge in [-0.2, -0.15) is 5.10 Å². The lowest BCUT2D eigenvalue weighted by Gasteiger charge is -2.22. The lowest BCUT2D eigenvalue weighted by Crippen LogP contribution is -2.34. The van der Waals surface area contributed by atoms with Gasteiger partial charge in [0.05, 0.1) is 35.1 Å². The number of carbonyl (C=O) groups excluding carboxylic acids is 1. The Kier molecular flexibility index (Phi) is 4.24. The summed E-state index contributed by atoms with van der Waals surface area (Å²) in [7, 11) is 0. The number of anilines is 1. The maximum Gasteiger partial charge on any atom is 0.319 e. The van der Waals surface area contributed by atoms with E-state index in [0.717, 1.165) is 53.3 Å². The van der Waals surface area contributed by atoms with Gasteiger partial charge in [0.25, 0.3) is 0 Å². The molecule has 0 spiro atoms. The molecule has 0 saturated heterocycles. The van der Waals surface area contributed by atoms with Gasteiger partial charge in [-0.05, 0) is 44.9 Å². The van der Waals surface area contributed by atoms with Crippen LogP contribution in [0.2, 0.25) is 0 Å². The molecule has 1 unspecified atom stereocenters. The summed E-state index contributed by atoms with van der Waals surface area (Å²) < 4.78 is 7.34. The van der Waals surface area contributed by atoms with Crippen molar-refractivity contribution >= 4 is 11.7 Å². The third-order valence-corrected chi connectivity index (χ3v) is 4.89. The number of furan rings is 1. The molecule has 4 rings (SSSR count). The molecule has 1 atom stereocenters. The van der Waals surface area contributed by atoms with E-state index in [9.17, 15) is 4.79 Å². The molecule has 2 amide bonds. The SMILES string of the molecule is Cc1nn(-c2ccccc2)c(C)c1NC(=O)NC1CCCc2occc21. The van der Waals surface area contributed by atoms with Crippen LogP contribution in [0.15, 0.2) is 47.1 Å². The number of nitrogens with zero attached hydrogens (tertiary/aromatic N) is 2. The quantitative estimate of drug-likeness (QED) is 0.740. The molecule has 26 heavy (non-hydrogen) atoms. The number of carbonyl (C=O) groups is 1. The predicted octanol–water partition coefficient (Wildman–Crippen LogP) is 4.28. The van der Waals surface area contributed by atoms with Gasteiger partial charge in [0.1, 0.15) is 5.76 Å². The lowest BCUT2D eigenvalue weighted by atomic mass is 9.93. The van der Waals surface area contributed by atoms with Gasteiger partial charge in [-0.15, -0.1) is 0 Å². The van der Waals surface area contributed by atoms with Crippen molar-refractivity contribution in [3.63, 3.8) is 0 Å². The molecule has 2 N–H and O–H groups in total.